The van der Waals surface area contributed by atoms with Gasteiger partial charge >= 0.3 is 0 Å². The monoisotopic (exact) mass is 439 g/mol. The Kier molecular flexibility index (Phi) is 6.30. The summed E-state index contributed by atoms with van der Waals surface area (Å²) in [7, 11) is -3.92. The summed E-state index contributed by atoms with van der Waals surface area (Å²) in [6.45, 7) is 1.49. The molecule has 0 unspecified atom stereocenters. The van der Waals surface area contributed by atoms with Gasteiger partial charge in [0.1, 0.15) is 11.5 Å². The fourth-order valence-electron chi connectivity index (χ4n) is 2.27. The van der Waals surface area contributed by atoms with Gasteiger partial charge < -0.3 is 4.42 Å². The first kappa shape index (κ1) is 21.0. The van der Waals surface area contributed by atoms with E-state index in [1.807, 2.05) is 0 Å². The van der Waals surface area contributed by atoms with Crippen LogP contribution in [0, 0.1) is 12.7 Å². The van der Waals surface area contributed by atoms with E-state index in [1.54, 1.807) is 6.92 Å². The van der Waals surface area contributed by atoms with Crippen molar-refractivity contribution in [3.63, 3.8) is 0 Å². The summed E-state index contributed by atoms with van der Waals surface area (Å²) < 4.78 is 45.2. The number of sulfonamides is 1. The van der Waals surface area contributed by atoms with Crippen LogP contribution >= 0.6 is 11.6 Å². The van der Waals surface area contributed by atoms with E-state index in [2.05, 4.69) is 24.9 Å². The van der Waals surface area contributed by atoms with Gasteiger partial charge in [0.2, 0.25) is 21.8 Å². The highest BCUT2D eigenvalue weighted by Crippen LogP contribution is 2.19. The minimum Gasteiger partial charge on any atom is -0.426 e. The number of hydrogen-bond donors (Lipinski definition) is 1. The fraction of sp³-hybridized carbons (Fsp3) is 0.235. The average Bonchev–Trinajstić information content (AvgIpc) is 3.12. The molecule has 0 aliphatic heterocycles. The third-order valence-corrected chi connectivity index (χ3v) is 5.46. The molecule has 2 aromatic heterocycles. The maximum absolute atomic E-state index is 13.2. The average molecular weight is 440 g/mol. The van der Waals surface area contributed by atoms with Crippen molar-refractivity contribution in [3.8, 4) is 0 Å². The number of rotatable bonds is 8. The van der Waals surface area contributed by atoms with Gasteiger partial charge in [-0.2, -0.15) is 0 Å². The van der Waals surface area contributed by atoms with Crippen LogP contribution in [0.5, 0.6) is 0 Å². The van der Waals surface area contributed by atoms with Gasteiger partial charge in [0, 0.05) is 19.8 Å². The zero-order valence-corrected chi connectivity index (χ0v) is 16.7. The lowest BCUT2D eigenvalue weighted by Gasteiger charge is -2.07. The summed E-state index contributed by atoms with van der Waals surface area (Å²) >= 11 is 5.62. The van der Waals surface area contributed by atoms with Crippen molar-refractivity contribution < 1.29 is 22.0 Å². The van der Waals surface area contributed by atoms with Gasteiger partial charge in [-0.3, -0.25) is 9.78 Å². The van der Waals surface area contributed by atoms with Crippen LogP contribution in [0.2, 0.25) is 5.02 Å². The number of halogens is 2. The lowest BCUT2D eigenvalue weighted by atomic mass is 10.2. The summed E-state index contributed by atoms with van der Waals surface area (Å²) in [6.07, 6.45) is 2.96. The molecule has 0 aliphatic rings. The first-order valence-corrected chi connectivity index (χ1v) is 10.2. The maximum Gasteiger partial charge on any atom is 0.240 e. The molecule has 0 bridgehead atoms. The molecule has 12 heteroatoms. The minimum atomic E-state index is -3.92. The van der Waals surface area contributed by atoms with E-state index in [1.165, 1.54) is 12.4 Å². The molecule has 29 heavy (non-hydrogen) atoms. The van der Waals surface area contributed by atoms with Crippen molar-refractivity contribution in [3.05, 3.63) is 64.6 Å². The number of aromatic nitrogens is 4. The van der Waals surface area contributed by atoms with Crippen molar-refractivity contribution in [2.75, 3.05) is 0 Å². The van der Waals surface area contributed by atoms with Gasteiger partial charge in [0.25, 0.3) is 0 Å². The van der Waals surface area contributed by atoms with Crippen LogP contribution in [-0.4, -0.2) is 34.4 Å². The highest BCUT2D eigenvalue weighted by Gasteiger charge is 2.16. The molecule has 0 amide bonds. The molecule has 0 radical (unpaired) electrons. The van der Waals surface area contributed by atoms with E-state index < -0.39 is 15.8 Å². The smallest absolute Gasteiger partial charge is 0.240 e. The van der Waals surface area contributed by atoms with Gasteiger partial charge in [-0.1, -0.05) is 11.6 Å². The number of nitrogens with zero attached hydrogens (tertiary/aromatic N) is 4. The molecule has 152 valence electrons. The number of ketones is 1. The third kappa shape index (κ3) is 5.40. The van der Waals surface area contributed by atoms with Crippen molar-refractivity contribution in [1.82, 2.24) is 24.9 Å². The molecule has 9 nitrogen and oxygen atoms in total. The van der Waals surface area contributed by atoms with Crippen molar-refractivity contribution in [2.24, 2.45) is 0 Å². The topological polar surface area (TPSA) is 128 Å². The van der Waals surface area contributed by atoms with Gasteiger partial charge in [-0.15, -0.1) is 10.2 Å². The predicted molar refractivity (Wildman–Crippen MR) is 99.2 cm³/mol. The molecular formula is C17H15ClFN5O4S. The van der Waals surface area contributed by atoms with Crippen LogP contribution < -0.4 is 4.72 Å². The molecular weight excluding hydrogens is 425 g/mol. The third-order valence-electron chi connectivity index (χ3n) is 3.77. The van der Waals surface area contributed by atoms with E-state index >= 15 is 0 Å². The lowest BCUT2D eigenvalue weighted by Crippen LogP contribution is -2.24. The van der Waals surface area contributed by atoms with Crippen molar-refractivity contribution in [1.29, 1.82) is 0 Å². The molecule has 0 atom stereocenters. The van der Waals surface area contributed by atoms with Gasteiger partial charge in [0.05, 0.1) is 34.6 Å². The minimum absolute atomic E-state index is 0.119. The maximum atomic E-state index is 13.2. The second-order valence-electron chi connectivity index (χ2n) is 5.93. The Balaban J connectivity index is 1.58. The number of benzene rings is 1. The molecule has 0 aliphatic carbocycles. The van der Waals surface area contributed by atoms with Crippen LogP contribution in [0.3, 0.4) is 0 Å². The van der Waals surface area contributed by atoms with Gasteiger partial charge in [0.15, 0.2) is 5.78 Å². The SMILES string of the molecule is Cc1nnc(CCC(=O)c2cnc(CNS(=O)(=O)c3ccc(F)c(Cl)c3)cn2)o1. The Hall–Kier alpha value is -2.76. The second kappa shape index (κ2) is 8.72. The number of carbonyl (C=O) groups is 1. The van der Waals surface area contributed by atoms with Crippen LogP contribution in [0.15, 0.2) is 39.9 Å². The summed E-state index contributed by atoms with van der Waals surface area (Å²) in [4.78, 5) is 20.0. The summed E-state index contributed by atoms with van der Waals surface area (Å²) in [5.41, 5.74) is 0.434. The molecule has 1 aromatic carbocycles. The van der Waals surface area contributed by atoms with Crippen LogP contribution in [0.4, 0.5) is 4.39 Å². The number of aryl methyl sites for hydroxylation is 2. The van der Waals surface area contributed by atoms with Gasteiger partial charge in [-0.25, -0.2) is 22.5 Å². The summed E-state index contributed by atoms with van der Waals surface area (Å²) in [5, 5.41) is 7.19. The Morgan fingerprint density at radius 3 is 2.66 bits per heavy atom. The zero-order chi connectivity index (χ0) is 21.0. The summed E-state index contributed by atoms with van der Waals surface area (Å²) in [5.74, 6) is -0.204. The molecule has 0 fully saturated rings. The zero-order valence-electron chi connectivity index (χ0n) is 15.1. The fourth-order valence-corrected chi connectivity index (χ4v) is 3.54. The normalized spacial score (nSPS) is 11.6. The van der Waals surface area contributed by atoms with Gasteiger partial charge in [-0.05, 0) is 18.2 Å². The van der Waals surface area contributed by atoms with E-state index in [0.717, 1.165) is 18.2 Å². The Labute approximate surface area is 170 Å². The molecule has 3 aromatic rings. The second-order valence-corrected chi connectivity index (χ2v) is 8.11. The van der Waals surface area contributed by atoms with Crippen LogP contribution in [-0.2, 0) is 23.0 Å². The molecule has 0 spiro atoms. The first-order valence-electron chi connectivity index (χ1n) is 8.32. The largest absolute Gasteiger partial charge is 0.426 e. The van der Waals surface area contributed by atoms with E-state index in [9.17, 15) is 17.6 Å². The lowest BCUT2D eigenvalue weighted by molar-refractivity contribution is 0.0975. The van der Waals surface area contributed by atoms with Crippen LogP contribution in [0.1, 0.15) is 34.4 Å². The number of hydrogen-bond acceptors (Lipinski definition) is 8. The van der Waals surface area contributed by atoms with Crippen LogP contribution in [0.25, 0.3) is 0 Å². The van der Waals surface area contributed by atoms with E-state index in [0.29, 0.717) is 17.5 Å². The Morgan fingerprint density at radius 1 is 1.24 bits per heavy atom. The summed E-state index contributed by atoms with van der Waals surface area (Å²) in [6, 6.07) is 3.08. The quantitative estimate of drug-likeness (QED) is 0.529. The highest BCUT2D eigenvalue weighted by atomic mass is 35.5. The highest BCUT2D eigenvalue weighted by molar-refractivity contribution is 7.89. The Morgan fingerprint density at radius 2 is 2.03 bits per heavy atom. The predicted octanol–water partition coefficient (Wildman–Crippen LogP) is 2.25. The standard InChI is InChI=1S/C17H15ClFN5O4S/c1-10-23-24-17(28-10)5-4-16(25)15-9-20-11(7-21-15)8-22-29(26,27)12-2-3-14(19)13(18)6-12/h2-3,6-7,9,22H,4-5,8H2,1H3. The van der Waals surface area contributed by atoms with Crippen molar-refractivity contribution in [2.45, 2.75) is 31.2 Å². The van der Waals surface area contributed by atoms with E-state index in [-0.39, 0.29) is 40.8 Å². The first-order chi connectivity index (χ1) is 13.7. The Bertz CT molecular complexity index is 1130. The number of carbonyl (C=O) groups excluding carboxylic acids is 1. The van der Waals surface area contributed by atoms with Crippen molar-refractivity contribution >= 4 is 27.4 Å². The molecule has 3 rings (SSSR count). The number of nitrogens with one attached hydrogen (secondary N) is 1. The number of Topliss-reactive ketones (excluding diaryl/α,β-unsaturated/α-hetero) is 1. The molecule has 2 heterocycles. The van der Waals surface area contributed by atoms with E-state index in [4.69, 9.17) is 16.0 Å². The molecule has 1 N–H and O–H groups in total. The molecule has 0 saturated heterocycles. The molecule has 0 saturated carbocycles.